The number of hydrogen-bond donors (Lipinski definition) is 3. The molecule has 0 aromatic heterocycles. The van der Waals surface area contributed by atoms with Gasteiger partial charge in [-0.2, -0.15) is 0 Å². The van der Waals surface area contributed by atoms with E-state index in [-0.39, 0.29) is 17.5 Å². The molecule has 120 valence electrons. The van der Waals surface area contributed by atoms with Crippen LogP contribution in [0.1, 0.15) is 39.5 Å². The number of nitrogens with one attached hydrogen (secondary N) is 2. The highest BCUT2D eigenvalue weighted by Crippen LogP contribution is 2.21. The van der Waals surface area contributed by atoms with Gasteiger partial charge in [-0.25, -0.2) is 13.1 Å². The Hall–Kier alpha value is -1.11. The first-order chi connectivity index (χ1) is 9.97. The van der Waals surface area contributed by atoms with Gasteiger partial charge in [-0.15, -0.1) is 0 Å². The lowest BCUT2D eigenvalue weighted by Gasteiger charge is -2.14. The molecule has 0 fully saturated rings. The first kappa shape index (κ1) is 17.9. The lowest BCUT2D eigenvalue weighted by Crippen LogP contribution is -2.30. The maximum Gasteiger partial charge on any atom is 0.242 e. The summed E-state index contributed by atoms with van der Waals surface area (Å²) in [6, 6.07) is 6.80. The van der Waals surface area contributed by atoms with E-state index in [1.165, 1.54) is 0 Å². The second kappa shape index (κ2) is 9.02. The summed E-state index contributed by atoms with van der Waals surface area (Å²) in [7, 11) is -3.49. The molecule has 3 N–H and O–H groups in total. The normalized spacial score (nSPS) is 11.8. The standard InChI is InChI=1S/C15H26N2O3S/c1-13(2)17-21(19,20)15-10-6-5-9-14(15)16-11-7-3-4-8-12-18/h5-6,9-10,13,16-18H,3-4,7-8,11-12H2,1-2H3. The molecule has 5 nitrogen and oxygen atoms in total. The summed E-state index contributed by atoms with van der Waals surface area (Å²) in [6.45, 7) is 4.55. The molecule has 0 aliphatic carbocycles. The Morgan fingerprint density at radius 1 is 1.10 bits per heavy atom. The van der Waals surface area contributed by atoms with Crippen molar-refractivity contribution in [2.45, 2.75) is 50.5 Å². The van der Waals surface area contributed by atoms with E-state index >= 15 is 0 Å². The fraction of sp³-hybridized carbons (Fsp3) is 0.600. The number of sulfonamides is 1. The zero-order valence-electron chi connectivity index (χ0n) is 12.8. The second-order valence-electron chi connectivity index (χ2n) is 5.34. The van der Waals surface area contributed by atoms with E-state index in [0.29, 0.717) is 5.69 Å². The number of anilines is 1. The van der Waals surface area contributed by atoms with Crippen molar-refractivity contribution in [3.05, 3.63) is 24.3 Å². The van der Waals surface area contributed by atoms with Gasteiger partial charge >= 0.3 is 0 Å². The van der Waals surface area contributed by atoms with Gasteiger partial charge in [-0.05, 0) is 38.8 Å². The smallest absolute Gasteiger partial charge is 0.242 e. The molecule has 0 spiro atoms. The van der Waals surface area contributed by atoms with Crippen LogP contribution in [0.15, 0.2) is 29.2 Å². The van der Waals surface area contributed by atoms with Gasteiger partial charge in [-0.1, -0.05) is 25.0 Å². The summed E-state index contributed by atoms with van der Waals surface area (Å²) in [5, 5.41) is 11.9. The van der Waals surface area contributed by atoms with Crippen molar-refractivity contribution >= 4 is 15.7 Å². The largest absolute Gasteiger partial charge is 0.396 e. The Morgan fingerprint density at radius 3 is 2.43 bits per heavy atom. The van der Waals surface area contributed by atoms with Gasteiger partial charge in [-0.3, -0.25) is 0 Å². The van der Waals surface area contributed by atoms with Crippen LogP contribution >= 0.6 is 0 Å². The monoisotopic (exact) mass is 314 g/mol. The minimum absolute atomic E-state index is 0.137. The van der Waals surface area contributed by atoms with E-state index in [0.717, 1.165) is 32.2 Å². The molecule has 1 aromatic rings. The quantitative estimate of drug-likeness (QED) is 0.579. The molecule has 6 heteroatoms. The Bertz CT molecular complexity index is 515. The molecule has 21 heavy (non-hydrogen) atoms. The lowest BCUT2D eigenvalue weighted by molar-refractivity contribution is 0.283. The first-order valence-corrected chi connectivity index (χ1v) is 8.92. The molecule has 1 aromatic carbocycles. The van der Waals surface area contributed by atoms with Crippen molar-refractivity contribution in [2.75, 3.05) is 18.5 Å². The molecular formula is C15H26N2O3S. The predicted molar refractivity (Wildman–Crippen MR) is 85.9 cm³/mol. The highest BCUT2D eigenvalue weighted by atomic mass is 32.2. The van der Waals surface area contributed by atoms with Crippen LogP contribution in [0.3, 0.4) is 0 Å². The fourth-order valence-electron chi connectivity index (χ4n) is 2.03. The first-order valence-electron chi connectivity index (χ1n) is 7.43. The van der Waals surface area contributed by atoms with Gasteiger partial charge in [0.2, 0.25) is 10.0 Å². The van der Waals surface area contributed by atoms with Crippen molar-refractivity contribution in [2.24, 2.45) is 0 Å². The van der Waals surface area contributed by atoms with Crippen LogP contribution in [-0.4, -0.2) is 32.7 Å². The Labute approximate surface area is 127 Å². The molecule has 0 aliphatic rings. The number of para-hydroxylation sites is 1. The molecule has 0 heterocycles. The number of benzene rings is 1. The molecule has 0 atom stereocenters. The van der Waals surface area contributed by atoms with E-state index in [2.05, 4.69) is 10.0 Å². The Balaban J connectivity index is 2.63. The summed E-state index contributed by atoms with van der Waals surface area (Å²) >= 11 is 0. The zero-order chi connectivity index (χ0) is 15.7. The minimum atomic E-state index is -3.49. The third kappa shape index (κ3) is 6.46. The number of unbranched alkanes of at least 4 members (excludes halogenated alkanes) is 3. The molecule has 0 radical (unpaired) electrons. The summed E-state index contributed by atoms with van der Waals surface area (Å²) in [6.07, 6.45) is 3.79. The van der Waals surface area contributed by atoms with Crippen molar-refractivity contribution in [1.82, 2.24) is 4.72 Å². The van der Waals surface area contributed by atoms with Gasteiger partial charge in [0.1, 0.15) is 4.90 Å². The van der Waals surface area contributed by atoms with E-state index in [4.69, 9.17) is 5.11 Å². The van der Waals surface area contributed by atoms with E-state index in [1.807, 2.05) is 6.07 Å². The third-order valence-electron chi connectivity index (χ3n) is 2.97. The van der Waals surface area contributed by atoms with Crippen LogP contribution < -0.4 is 10.0 Å². The molecule has 0 aliphatic heterocycles. The van der Waals surface area contributed by atoms with Gasteiger partial charge in [0, 0.05) is 19.2 Å². The number of aliphatic hydroxyl groups excluding tert-OH is 1. The van der Waals surface area contributed by atoms with Crippen LogP contribution in [-0.2, 0) is 10.0 Å². The summed E-state index contributed by atoms with van der Waals surface area (Å²) < 4.78 is 27.1. The van der Waals surface area contributed by atoms with E-state index in [1.54, 1.807) is 32.0 Å². The second-order valence-corrected chi connectivity index (χ2v) is 7.02. The van der Waals surface area contributed by atoms with Gasteiger partial charge < -0.3 is 10.4 Å². The van der Waals surface area contributed by atoms with Crippen molar-refractivity contribution in [3.8, 4) is 0 Å². The average Bonchev–Trinajstić information content (AvgIpc) is 2.41. The average molecular weight is 314 g/mol. The predicted octanol–water partition coefficient (Wildman–Crippen LogP) is 2.34. The van der Waals surface area contributed by atoms with Gasteiger partial charge in [0.25, 0.3) is 0 Å². The third-order valence-corrected chi connectivity index (χ3v) is 4.68. The van der Waals surface area contributed by atoms with Crippen LogP contribution in [0.25, 0.3) is 0 Å². The maximum atomic E-state index is 12.3. The Morgan fingerprint density at radius 2 is 1.76 bits per heavy atom. The van der Waals surface area contributed by atoms with Gasteiger partial charge in [0.05, 0.1) is 5.69 Å². The minimum Gasteiger partial charge on any atom is -0.396 e. The maximum absolute atomic E-state index is 12.3. The number of rotatable bonds is 10. The van der Waals surface area contributed by atoms with Crippen molar-refractivity contribution in [3.63, 3.8) is 0 Å². The van der Waals surface area contributed by atoms with Crippen molar-refractivity contribution < 1.29 is 13.5 Å². The molecule has 0 saturated heterocycles. The highest BCUT2D eigenvalue weighted by molar-refractivity contribution is 7.89. The van der Waals surface area contributed by atoms with E-state index < -0.39 is 10.0 Å². The van der Waals surface area contributed by atoms with Crippen LogP contribution in [0, 0.1) is 0 Å². The van der Waals surface area contributed by atoms with Crippen LogP contribution in [0.5, 0.6) is 0 Å². The molecule has 0 unspecified atom stereocenters. The summed E-state index contributed by atoms with van der Waals surface area (Å²) in [5.74, 6) is 0. The summed E-state index contributed by atoms with van der Waals surface area (Å²) in [4.78, 5) is 0.286. The molecular weight excluding hydrogens is 288 g/mol. The lowest BCUT2D eigenvalue weighted by atomic mass is 10.2. The number of hydrogen-bond acceptors (Lipinski definition) is 4. The Kier molecular flexibility index (Phi) is 7.71. The molecule has 0 bridgehead atoms. The SMILES string of the molecule is CC(C)NS(=O)(=O)c1ccccc1NCCCCCCO. The molecule has 1 rings (SSSR count). The van der Waals surface area contributed by atoms with Crippen LogP contribution in [0.4, 0.5) is 5.69 Å². The summed E-state index contributed by atoms with van der Waals surface area (Å²) in [5.41, 5.74) is 0.632. The topological polar surface area (TPSA) is 78.4 Å². The highest BCUT2D eigenvalue weighted by Gasteiger charge is 2.18. The van der Waals surface area contributed by atoms with E-state index in [9.17, 15) is 8.42 Å². The van der Waals surface area contributed by atoms with Crippen LogP contribution in [0.2, 0.25) is 0 Å². The molecule has 0 saturated carbocycles. The zero-order valence-corrected chi connectivity index (χ0v) is 13.6. The molecule has 0 amide bonds. The fourth-order valence-corrected chi connectivity index (χ4v) is 3.47. The van der Waals surface area contributed by atoms with Gasteiger partial charge in [0.15, 0.2) is 0 Å². The number of aliphatic hydroxyl groups is 1. The van der Waals surface area contributed by atoms with Crippen molar-refractivity contribution in [1.29, 1.82) is 0 Å².